The Morgan fingerprint density at radius 3 is 2.24 bits per heavy atom. The van der Waals surface area contributed by atoms with E-state index in [4.69, 9.17) is 4.74 Å². The van der Waals surface area contributed by atoms with Crippen molar-refractivity contribution in [1.29, 1.82) is 0 Å². The van der Waals surface area contributed by atoms with Crippen LogP contribution in [0.2, 0.25) is 0 Å². The number of nitrogens with one attached hydrogen (secondary N) is 2. The first-order valence-corrected chi connectivity index (χ1v) is 9.15. The number of urea groups is 1. The zero-order valence-electron chi connectivity index (χ0n) is 16.3. The normalized spacial score (nSPS) is 10.6. The summed E-state index contributed by atoms with van der Waals surface area (Å²) in [5.41, 5.74) is 3.79. The van der Waals surface area contributed by atoms with Gasteiger partial charge in [-0.2, -0.15) is 0 Å². The first-order chi connectivity index (χ1) is 14.0. The molecule has 0 bridgehead atoms. The van der Waals surface area contributed by atoms with Crippen molar-refractivity contribution in [2.45, 2.75) is 6.92 Å². The van der Waals surface area contributed by atoms with Crippen molar-refractivity contribution in [3.05, 3.63) is 95.6 Å². The fourth-order valence-corrected chi connectivity index (χ4v) is 2.66. The number of rotatable bonds is 6. The molecule has 0 fully saturated rings. The van der Waals surface area contributed by atoms with Gasteiger partial charge in [0, 0.05) is 16.9 Å². The van der Waals surface area contributed by atoms with Crippen LogP contribution in [0.3, 0.4) is 0 Å². The number of ketones is 1. The fourth-order valence-electron chi connectivity index (χ4n) is 2.66. The maximum atomic E-state index is 12.4. The molecular weight excluding hydrogens is 364 g/mol. The Labute approximate surface area is 170 Å². The van der Waals surface area contributed by atoms with Crippen LogP contribution in [0.15, 0.2) is 78.9 Å². The largest absolute Gasteiger partial charge is 0.497 e. The van der Waals surface area contributed by atoms with Crippen LogP contribution in [-0.2, 0) is 0 Å². The number of hydrogen-bond donors (Lipinski definition) is 2. The quantitative estimate of drug-likeness (QED) is 0.431. The summed E-state index contributed by atoms with van der Waals surface area (Å²) >= 11 is 0. The summed E-state index contributed by atoms with van der Waals surface area (Å²) in [7, 11) is 1.58. The summed E-state index contributed by atoms with van der Waals surface area (Å²) in [5.74, 6) is 0.575. The lowest BCUT2D eigenvalue weighted by molar-refractivity contribution is 0.104. The summed E-state index contributed by atoms with van der Waals surface area (Å²) in [5, 5.41) is 5.47. The first kappa shape index (κ1) is 19.9. The van der Waals surface area contributed by atoms with Gasteiger partial charge in [-0.1, -0.05) is 48.0 Å². The molecule has 0 saturated carbocycles. The predicted octanol–water partition coefficient (Wildman–Crippen LogP) is 5.54. The molecular formula is C24H22N2O3. The number of amides is 2. The maximum Gasteiger partial charge on any atom is 0.323 e. The van der Waals surface area contributed by atoms with Crippen LogP contribution in [0.25, 0.3) is 6.08 Å². The molecule has 3 rings (SSSR count). The number of anilines is 2. The topological polar surface area (TPSA) is 67.4 Å². The molecule has 0 aliphatic rings. The zero-order valence-corrected chi connectivity index (χ0v) is 16.3. The highest BCUT2D eigenvalue weighted by Gasteiger charge is 2.06. The molecule has 0 aromatic heterocycles. The van der Waals surface area contributed by atoms with Gasteiger partial charge in [0.15, 0.2) is 5.78 Å². The highest BCUT2D eigenvalue weighted by Crippen LogP contribution is 2.16. The van der Waals surface area contributed by atoms with Gasteiger partial charge in [-0.15, -0.1) is 0 Å². The van der Waals surface area contributed by atoms with Gasteiger partial charge < -0.3 is 15.4 Å². The van der Waals surface area contributed by atoms with E-state index in [-0.39, 0.29) is 5.78 Å². The third-order valence-corrected chi connectivity index (χ3v) is 4.26. The second kappa shape index (κ2) is 9.37. The summed E-state index contributed by atoms with van der Waals surface area (Å²) in [4.78, 5) is 24.7. The van der Waals surface area contributed by atoms with Gasteiger partial charge in [0.1, 0.15) is 5.75 Å². The Morgan fingerprint density at radius 1 is 0.862 bits per heavy atom. The SMILES string of the molecule is COc1ccc(NC(=O)Nc2cccc(C(=O)/C=C/c3ccc(C)cc3)c2)cc1. The molecule has 0 spiro atoms. The smallest absolute Gasteiger partial charge is 0.323 e. The third-order valence-electron chi connectivity index (χ3n) is 4.26. The molecule has 0 aliphatic heterocycles. The van der Waals surface area contributed by atoms with Crippen LogP contribution in [0.4, 0.5) is 16.2 Å². The molecule has 29 heavy (non-hydrogen) atoms. The summed E-state index contributed by atoms with van der Waals surface area (Å²) in [6.45, 7) is 2.02. The molecule has 0 radical (unpaired) electrons. The van der Waals surface area contributed by atoms with E-state index in [1.165, 1.54) is 11.6 Å². The van der Waals surface area contributed by atoms with Crippen molar-refractivity contribution in [3.8, 4) is 5.75 Å². The minimum Gasteiger partial charge on any atom is -0.497 e. The van der Waals surface area contributed by atoms with E-state index in [9.17, 15) is 9.59 Å². The Kier molecular flexibility index (Phi) is 6.43. The van der Waals surface area contributed by atoms with E-state index < -0.39 is 6.03 Å². The highest BCUT2D eigenvalue weighted by molar-refractivity contribution is 6.08. The number of aryl methyl sites for hydroxylation is 1. The van der Waals surface area contributed by atoms with Crippen LogP contribution < -0.4 is 15.4 Å². The average molecular weight is 386 g/mol. The van der Waals surface area contributed by atoms with Crippen molar-refractivity contribution in [2.24, 2.45) is 0 Å². The van der Waals surface area contributed by atoms with Crippen molar-refractivity contribution < 1.29 is 14.3 Å². The minimum atomic E-state index is -0.394. The third kappa shape index (κ3) is 5.81. The summed E-state index contributed by atoms with van der Waals surface area (Å²) in [6.07, 6.45) is 3.31. The summed E-state index contributed by atoms with van der Waals surface area (Å²) < 4.78 is 5.09. The number of benzene rings is 3. The Bertz CT molecular complexity index is 1020. The van der Waals surface area contributed by atoms with Crippen molar-refractivity contribution in [1.82, 2.24) is 0 Å². The van der Waals surface area contributed by atoms with Gasteiger partial charge in [0.2, 0.25) is 0 Å². The van der Waals surface area contributed by atoms with E-state index in [0.717, 1.165) is 5.56 Å². The molecule has 0 atom stereocenters. The number of carbonyl (C=O) groups excluding carboxylic acids is 2. The fraction of sp³-hybridized carbons (Fsp3) is 0.0833. The second-order valence-corrected chi connectivity index (χ2v) is 6.50. The Morgan fingerprint density at radius 2 is 1.55 bits per heavy atom. The van der Waals surface area contributed by atoms with Crippen molar-refractivity contribution in [2.75, 3.05) is 17.7 Å². The summed E-state index contributed by atoms with van der Waals surface area (Å²) in [6, 6.07) is 21.4. The van der Waals surface area contributed by atoms with Gasteiger partial charge in [-0.3, -0.25) is 4.79 Å². The molecule has 146 valence electrons. The predicted molar refractivity (Wildman–Crippen MR) is 117 cm³/mol. The number of hydrogen-bond acceptors (Lipinski definition) is 3. The van der Waals surface area contributed by atoms with Crippen molar-refractivity contribution in [3.63, 3.8) is 0 Å². The molecule has 3 aromatic carbocycles. The Hall–Kier alpha value is -3.86. The molecule has 5 heteroatoms. The van der Waals surface area contributed by atoms with Gasteiger partial charge in [-0.05, 0) is 55.0 Å². The first-order valence-electron chi connectivity index (χ1n) is 9.15. The lowest BCUT2D eigenvalue weighted by Crippen LogP contribution is -2.19. The van der Waals surface area contributed by atoms with Gasteiger partial charge in [-0.25, -0.2) is 4.79 Å². The van der Waals surface area contributed by atoms with Crippen molar-refractivity contribution >= 4 is 29.3 Å². The van der Waals surface area contributed by atoms with Gasteiger partial charge >= 0.3 is 6.03 Å². The van der Waals surface area contributed by atoms with E-state index in [1.54, 1.807) is 61.7 Å². The molecule has 2 N–H and O–H groups in total. The molecule has 0 aliphatic carbocycles. The average Bonchev–Trinajstić information content (AvgIpc) is 2.74. The van der Waals surface area contributed by atoms with E-state index >= 15 is 0 Å². The van der Waals surface area contributed by atoms with Crippen LogP contribution in [0.1, 0.15) is 21.5 Å². The zero-order chi connectivity index (χ0) is 20.6. The lowest BCUT2D eigenvalue weighted by atomic mass is 10.1. The van der Waals surface area contributed by atoms with Crippen LogP contribution in [-0.4, -0.2) is 18.9 Å². The highest BCUT2D eigenvalue weighted by atomic mass is 16.5. The molecule has 0 unspecified atom stereocenters. The minimum absolute atomic E-state index is 0.134. The number of carbonyl (C=O) groups is 2. The molecule has 3 aromatic rings. The van der Waals surface area contributed by atoms with E-state index in [2.05, 4.69) is 10.6 Å². The number of allylic oxidation sites excluding steroid dienone is 1. The molecule has 2 amide bonds. The standard InChI is InChI=1S/C24H22N2O3/c1-17-6-8-18(9-7-17)10-15-23(27)19-4-3-5-21(16-19)26-24(28)25-20-11-13-22(29-2)14-12-20/h3-16H,1-2H3,(H2,25,26,28)/b15-10+. The number of methoxy groups -OCH3 is 1. The van der Waals surface area contributed by atoms with Crippen LogP contribution >= 0.6 is 0 Å². The van der Waals surface area contributed by atoms with E-state index in [0.29, 0.717) is 22.7 Å². The monoisotopic (exact) mass is 386 g/mol. The Balaban J connectivity index is 1.62. The van der Waals surface area contributed by atoms with Gasteiger partial charge in [0.05, 0.1) is 7.11 Å². The van der Waals surface area contributed by atoms with Crippen LogP contribution in [0, 0.1) is 6.92 Å². The molecule has 5 nitrogen and oxygen atoms in total. The lowest BCUT2D eigenvalue weighted by Gasteiger charge is -2.09. The number of ether oxygens (including phenoxy) is 1. The van der Waals surface area contributed by atoms with Gasteiger partial charge in [0.25, 0.3) is 0 Å². The second-order valence-electron chi connectivity index (χ2n) is 6.50. The van der Waals surface area contributed by atoms with E-state index in [1.807, 2.05) is 31.2 Å². The molecule has 0 heterocycles. The molecule has 0 saturated heterocycles. The maximum absolute atomic E-state index is 12.4. The van der Waals surface area contributed by atoms with Crippen LogP contribution in [0.5, 0.6) is 5.75 Å².